The molecule has 3 heterocycles. The van der Waals surface area contributed by atoms with E-state index in [9.17, 15) is 5.11 Å². The Hall–Kier alpha value is -1.47. The normalized spacial score (nSPS) is 18.0. The second kappa shape index (κ2) is 4.78. The average Bonchev–Trinajstić information content (AvgIpc) is 2.85. The van der Waals surface area contributed by atoms with E-state index in [2.05, 4.69) is 51.0 Å². The maximum absolute atomic E-state index is 9.48. The van der Waals surface area contributed by atoms with Gasteiger partial charge in [-0.15, -0.1) is 16.7 Å². The van der Waals surface area contributed by atoms with Crippen LogP contribution in [-0.4, -0.2) is 56.1 Å². The molecule has 0 amide bonds. The Balaban J connectivity index is 2.01. The lowest BCUT2D eigenvalue weighted by Gasteiger charge is -2.48. The molecule has 0 aliphatic carbocycles. The molecule has 0 bridgehead atoms. The van der Waals surface area contributed by atoms with Crippen molar-refractivity contribution in [2.75, 3.05) is 30.5 Å². The molecule has 0 saturated carbocycles. The highest BCUT2D eigenvalue weighted by Gasteiger charge is 2.43. The van der Waals surface area contributed by atoms with Crippen molar-refractivity contribution in [3.05, 3.63) is 5.82 Å². The summed E-state index contributed by atoms with van der Waals surface area (Å²) >= 11 is 5.96. The van der Waals surface area contributed by atoms with E-state index in [4.69, 9.17) is 11.6 Å². The lowest BCUT2D eigenvalue weighted by Crippen LogP contribution is -2.60. The van der Waals surface area contributed by atoms with Gasteiger partial charge >= 0.3 is 0 Å². The fourth-order valence-electron chi connectivity index (χ4n) is 2.43. The van der Waals surface area contributed by atoms with Gasteiger partial charge in [-0.2, -0.15) is 10.3 Å². The molecule has 0 spiro atoms. The standard InChI is InChI=1S/C13H19ClN6O/c1-12(2,3)11-15-9-8(17-19-18-9)10(16-11)20-5-13(4-14,6-20)7-21/h21H,4-7H2,1-3H3,(H,15,16,17,18,19). The van der Waals surface area contributed by atoms with E-state index in [-0.39, 0.29) is 17.4 Å². The lowest BCUT2D eigenvalue weighted by molar-refractivity contribution is 0.114. The molecule has 114 valence electrons. The maximum Gasteiger partial charge on any atom is 0.207 e. The van der Waals surface area contributed by atoms with Crippen LogP contribution in [0.3, 0.4) is 0 Å². The molecule has 1 aliphatic heterocycles. The zero-order chi connectivity index (χ0) is 15.3. The minimum absolute atomic E-state index is 0.0756. The van der Waals surface area contributed by atoms with E-state index in [0.29, 0.717) is 30.1 Å². The molecule has 21 heavy (non-hydrogen) atoms. The highest BCUT2D eigenvalue weighted by molar-refractivity contribution is 6.18. The van der Waals surface area contributed by atoms with Crippen molar-refractivity contribution in [2.45, 2.75) is 26.2 Å². The monoisotopic (exact) mass is 310 g/mol. The Morgan fingerprint density at radius 1 is 1.29 bits per heavy atom. The van der Waals surface area contributed by atoms with Crippen LogP contribution < -0.4 is 4.90 Å². The molecule has 1 saturated heterocycles. The minimum atomic E-state index is -0.246. The molecular weight excluding hydrogens is 292 g/mol. The first-order valence-corrected chi connectivity index (χ1v) is 7.43. The van der Waals surface area contributed by atoms with Crippen LogP contribution in [0.2, 0.25) is 0 Å². The molecule has 0 aromatic carbocycles. The zero-order valence-electron chi connectivity index (χ0n) is 12.4. The number of nitrogens with one attached hydrogen (secondary N) is 1. The molecule has 2 N–H and O–H groups in total. The number of alkyl halides is 1. The molecule has 8 heteroatoms. The highest BCUT2D eigenvalue weighted by atomic mass is 35.5. The number of aromatic amines is 1. The smallest absolute Gasteiger partial charge is 0.207 e. The fourth-order valence-corrected chi connectivity index (χ4v) is 2.68. The SMILES string of the molecule is CC(C)(C)c1nc(N2CC(CO)(CCl)C2)c2n[nH]nc2n1. The topological polar surface area (TPSA) is 90.8 Å². The lowest BCUT2D eigenvalue weighted by atomic mass is 9.82. The van der Waals surface area contributed by atoms with Gasteiger partial charge in [0.05, 0.1) is 6.61 Å². The third kappa shape index (κ3) is 2.34. The van der Waals surface area contributed by atoms with Crippen LogP contribution in [0.25, 0.3) is 11.2 Å². The van der Waals surface area contributed by atoms with Gasteiger partial charge in [0, 0.05) is 29.8 Å². The van der Waals surface area contributed by atoms with Crippen LogP contribution in [0, 0.1) is 5.41 Å². The molecule has 1 fully saturated rings. The molecular formula is C13H19ClN6O. The zero-order valence-corrected chi connectivity index (χ0v) is 13.1. The van der Waals surface area contributed by atoms with Crippen molar-refractivity contribution < 1.29 is 5.11 Å². The summed E-state index contributed by atoms with van der Waals surface area (Å²) in [7, 11) is 0. The molecule has 7 nitrogen and oxygen atoms in total. The van der Waals surface area contributed by atoms with Crippen LogP contribution >= 0.6 is 11.6 Å². The average molecular weight is 311 g/mol. The molecule has 1 aliphatic rings. The first-order valence-electron chi connectivity index (χ1n) is 6.89. The number of fused-ring (bicyclic) bond motifs is 1. The Morgan fingerprint density at radius 3 is 2.57 bits per heavy atom. The number of aliphatic hydroxyl groups is 1. The summed E-state index contributed by atoms with van der Waals surface area (Å²) in [5.41, 5.74) is 0.805. The molecule has 0 atom stereocenters. The first-order chi connectivity index (χ1) is 9.88. The van der Waals surface area contributed by atoms with Gasteiger partial charge in [0.1, 0.15) is 5.82 Å². The summed E-state index contributed by atoms with van der Waals surface area (Å²) in [4.78, 5) is 11.2. The summed E-state index contributed by atoms with van der Waals surface area (Å²) in [5, 5.41) is 20.3. The number of aliphatic hydroxyl groups excluding tert-OH is 1. The maximum atomic E-state index is 9.48. The van der Waals surface area contributed by atoms with Gasteiger partial charge in [-0.1, -0.05) is 20.8 Å². The largest absolute Gasteiger partial charge is 0.396 e. The van der Waals surface area contributed by atoms with Crippen molar-refractivity contribution >= 4 is 28.6 Å². The predicted octanol–water partition coefficient (Wildman–Crippen LogP) is 1.08. The molecule has 3 rings (SSSR count). The van der Waals surface area contributed by atoms with E-state index in [1.165, 1.54) is 0 Å². The van der Waals surface area contributed by atoms with E-state index in [1.807, 2.05) is 0 Å². The number of rotatable bonds is 3. The predicted molar refractivity (Wildman–Crippen MR) is 80.6 cm³/mol. The number of aromatic nitrogens is 5. The van der Waals surface area contributed by atoms with Crippen LogP contribution in [0.15, 0.2) is 0 Å². The quantitative estimate of drug-likeness (QED) is 0.825. The highest BCUT2D eigenvalue weighted by Crippen LogP contribution is 2.37. The number of nitrogens with zero attached hydrogens (tertiary/aromatic N) is 5. The Morgan fingerprint density at radius 2 is 2.00 bits per heavy atom. The Bertz CT molecular complexity index is 652. The summed E-state index contributed by atoms with van der Waals surface area (Å²) in [5.74, 6) is 1.92. The van der Waals surface area contributed by atoms with E-state index < -0.39 is 0 Å². The van der Waals surface area contributed by atoms with Crippen LogP contribution in [-0.2, 0) is 5.41 Å². The van der Waals surface area contributed by atoms with Gasteiger partial charge < -0.3 is 10.0 Å². The Labute approximate surface area is 127 Å². The number of anilines is 1. The van der Waals surface area contributed by atoms with Crippen molar-refractivity contribution in [1.82, 2.24) is 25.4 Å². The first kappa shape index (κ1) is 14.5. The van der Waals surface area contributed by atoms with Gasteiger partial charge in [-0.25, -0.2) is 9.97 Å². The molecule has 2 aromatic heterocycles. The number of hydrogen-bond donors (Lipinski definition) is 2. The van der Waals surface area contributed by atoms with Crippen molar-refractivity contribution in [3.8, 4) is 0 Å². The third-order valence-electron chi connectivity index (χ3n) is 3.81. The third-order valence-corrected chi connectivity index (χ3v) is 4.37. The van der Waals surface area contributed by atoms with Gasteiger partial charge in [0.15, 0.2) is 11.3 Å². The summed E-state index contributed by atoms with van der Waals surface area (Å²) in [6.45, 7) is 7.58. The van der Waals surface area contributed by atoms with Gasteiger partial charge in [0.2, 0.25) is 5.65 Å². The summed E-state index contributed by atoms with van der Waals surface area (Å²) in [6.07, 6.45) is 0. The van der Waals surface area contributed by atoms with Crippen LogP contribution in [0.5, 0.6) is 0 Å². The number of H-pyrrole nitrogens is 1. The van der Waals surface area contributed by atoms with Crippen LogP contribution in [0.1, 0.15) is 26.6 Å². The van der Waals surface area contributed by atoms with E-state index in [1.54, 1.807) is 0 Å². The molecule has 0 radical (unpaired) electrons. The van der Waals surface area contributed by atoms with Crippen molar-refractivity contribution in [3.63, 3.8) is 0 Å². The van der Waals surface area contributed by atoms with Crippen LogP contribution in [0.4, 0.5) is 5.82 Å². The second-order valence-electron chi connectivity index (χ2n) is 6.76. The van der Waals surface area contributed by atoms with E-state index >= 15 is 0 Å². The van der Waals surface area contributed by atoms with Crippen molar-refractivity contribution in [2.24, 2.45) is 5.41 Å². The minimum Gasteiger partial charge on any atom is -0.396 e. The van der Waals surface area contributed by atoms with Crippen molar-refractivity contribution in [1.29, 1.82) is 0 Å². The second-order valence-corrected chi connectivity index (χ2v) is 7.03. The molecule has 0 unspecified atom stereocenters. The number of halogens is 1. The Kier molecular flexibility index (Phi) is 3.29. The summed E-state index contributed by atoms with van der Waals surface area (Å²) < 4.78 is 0. The number of hydrogen-bond acceptors (Lipinski definition) is 6. The fraction of sp³-hybridized carbons (Fsp3) is 0.692. The van der Waals surface area contributed by atoms with Gasteiger partial charge in [0.25, 0.3) is 0 Å². The van der Waals surface area contributed by atoms with Gasteiger partial charge in [-0.05, 0) is 0 Å². The molecule has 2 aromatic rings. The van der Waals surface area contributed by atoms with E-state index in [0.717, 1.165) is 11.6 Å². The van der Waals surface area contributed by atoms with Gasteiger partial charge in [-0.3, -0.25) is 0 Å². The summed E-state index contributed by atoms with van der Waals surface area (Å²) in [6, 6.07) is 0.